The molecule has 5 nitrogen and oxygen atoms in total. The molecule has 1 aromatic carbocycles. The minimum absolute atomic E-state index is 0.148. The zero-order valence-electron chi connectivity index (χ0n) is 14.6. The lowest BCUT2D eigenvalue weighted by molar-refractivity contribution is -0.127. The summed E-state index contributed by atoms with van der Waals surface area (Å²) in [5.74, 6) is -0.556. The van der Waals surface area contributed by atoms with Crippen LogP contribution >= 0.6 is 0 Å². The maximum Gasteiger partial charge on any atom is 0.246 e. The van der Waals surface area contributed by atoms with E-state index < -0.39 is 15.8 Å². The van der Waals surface area contributed by atoms with Crippen LogP contribution in [0.4, 0.5) is 4.39 Å². The lowest BCUT2D eigenvalue weighted by atomic mass is 10.0. The van der Waals surface area contributed by atoms with Crippen LogP contribution in [0.1, 0.15) is 44.1 Å². The molecule has 0 aliphatic carbocycles. The van der Waals surface area contributed by atoms with Crippen LogP contribution in [0.2, 0.25) is 0 Å². The Hall–Kier alpha value is -1.47. The van der Waals surface area contributed by atoms with E-state index in [1.165, 1.54) is 16.4 Å². The summed E-state index contributed by atoms with van der Waals surface area (Å²) < 4.78 is 41.7. The second-order valence-corrected chi connectivity index (χ2v) is 8.83. The van der Waals surface area contributed by atoms with Crippen LogP contribution in [-0.2, 0) is 14.8 Å². The molecule has 2 fully saturated rings. The van der Waals surface area contributed by atoms with E-state index in [0.717, 1.165) is 37.8 Å². The van der Waals surface area contributed by atoms with Gasteiger partial charge in [0, 0.05) is 32.1 Å². The predicted octanol–water partition coefficient (Wildman–Crippen LogP) is 2.69. The molecule has 1 amide bonds. The molecule has 0 aromatic heterocycles. The molecule has 1 aromatic rings. The number of aryl methyl sites for hydroxylation is 1. The number of piperidine rings is 1. The van der Waals surface area contributed by atoms with Crippen LogP contribution in [0.15, 0.2) is 23.1 Å². The molecule has 2 aliphatic heterocycles. The first-order valence-corrected chi connectivity index (χ1v) is 10.4. The number of hydrogen-bond acceptors (Lipinski definition) is 3. The lowest BCUT2D eigenvalue weighted by Gasteiger charge is -2.35. The first-order chi connectivity index (χ1) is 11.9. The number of rotatable bonds is 5. The van der Waals surface area contributed by atoms with E-state index in [2.05, 4.69) is 0 Å². The summed E-state index contributed by atoms with van der Waals surface area (Å²) in [7, 11) is -3.87. The number of amides is 1. The molecule has 25 heavy (non-hydrogen) atoms. The number of carbonyl (C=O) groups is 1. The Morgan fingerprint density at radius 2 is 2.00 bits per heavy atom. The normalized spacial score (nSPS) is 22.6. The lowest BCUT2D eigenvalue weighted by Crippen LogP contribution is -2.45. The van der Waals surface area contributed by atoms with Crippen molar-refractivity contribution in [3.8, 4) is 0 Å². The fraction of sp³-hybridized carbons (Fsp3) is 0.611. The second kappa shape index (κ2) is 7.41. The Morgan fingerprint density at radius 3 is 2.72 bits per heavy atom. The van der Waals surface area contributed by atoms with Crippen LogP contribution in [0.25, 0.3) is 0 Å². The number of benzene rings is 1. The van der Waals surface area contributed by atoms with E-state index in [1.54, 1.807) is 13.0 Å². The molecule has 138 valence electrons. The first kappa shape index (κ1) is 18.3. The largest absolute Gasteiger partial charge is 0.343 e. The summed E-state index contributed by atoms with van der Waals surface area (Å²) >= 11 is 0. The summed E-state index contributed by atoms with van der Waals surface area (Å²) in [6, 6.07) is 4.01. The predicted molar refractivity (Wildman–Crippen MR) is 93.1 cm³/mol. The highest BCUT2D eigenvalue weighted by Gasteiger charge is 2.35. The Bertz CT molecular complexity index is 751. The van der Waals surface area contributed by atoms with Gasteiger partial charge in [-0.3, -0.25) is 4.79 Å². The van der Waals surface area contributed by atoms with E-state index in [9.17, 15) is 17.6 Å². The quantitative estimate of drug-likeness (QED) is 0.803. The average molecular weight is 368 g/mol. The van der Waals surface area contributed by atoms with E-state index in [0.29, 0.717) is 25.9 Å². The minimum atomic E-state index is -3.87. The van der Waals surface area contributed by atoms with Crippen molar-refractivity contribution >= 4 is 15.9 Å². The summed E-state index contributed by atoms with van der Waals surface area (Å²) in [6.45, 7) is 3.50. The Morgan fingerprint density at radius 1 is 1.20 bits per heavy atom. The maximum atomic E-state index is 14.2. The van der Waals surface area contributed by atoms with Gasteiger partial charge in [-0.1, -0.05) is 12.5 Å². The molecule has 0 saturated carbocycles. The third kappa shape index (κ3) is 3.87. The van der Waals surface area contributed by atoms with Gasteiger partial charge in [-0.25, -0.2) is 12.8 Å². The van der Waals surface area contributed by atoms with Crippen molar-refractivity contribution in [2.45, 2.75) is 56.4 Å². The SMILES string of the molecule is Cc1ccc(F)c(S(=O)(=O)N2CCCCC2CCN2CCCC2=O)c1. The monoisotopic (exact) mass is 368 g/mol. The molecule has 2 aliphatic rings. The molecule has 0 bridgehead atoms. The molecule has 0 N–H and O–H groups in total. The number of halogens is 1. The molecule has 2 heterocycles. The first-order valence-electron chi connectivity index (χ1n) is 8.95. The fourth-order valence-corrected chi connectivity index (χ4v) is 5.63. The maximum absolute atomic E-state index is 14.2. The van der Waals surface area contributed by atoms with E-state index in [1.807, 2.05) is 4.90 Å². The van der Waals surface area contributed by atoms with Gasteiger partial charge in [0.25, 0.3) is 0 Å². The summed E-state index contributed by atoms with van der Waals surface area (Å²) in [4.78, 5) is 13.3. The molecule has 0 spiro atoms. The van der Waals surface area contributed by atoms with Gasteiger partial charge in [-0.15, -0.1) is 0 Å². The van der Waals surface area contributed by atoms with Crippen molar-refractivity contribution in [1.29, 1.82) is 0 Å². The van der Waals surface area contributed by atoms with Crippen LogP contribution in [0.5, 0.6) is 0 Å². The smallest absolute Gasteiger partial charge is 0.246 e. The zero-order valence-corrected chi connectivity index (χ0v) is 15.4. The molecule has 0 radical (unpaired) electrons. The fourth-order valence-electron chi connectivity index (χ4n) is 3.76. The van der Waals surface area contributed by atoms with Crippen LogP contribution in [0, 0.1) is 12.7 Å². The number of carbonyl (C=O) groups excluding carboxylic acids is 1. The standard InChI is InChI=1S/C18H25FN2O3S/c1-14-7-8-16(19)17(13-14)25(23,24)21-11-3-2-5-15(21)9-12-20-10-4-6-18(20)22/h7-8,13,15H,2-6,9-12H2,1H3. The van der Waals surface area contributed by atoms with Crippen molar-refractivity contribution < 1.29 is 17.6 Å². The molecule has 1 atom stereocenters. The van der Waals surface area contributed by atoms with Crippen LogP contribution in [0.3, 0.4) is 0 Å². The molecule has 1 unspecified atom stereocenters. The second-order valence-electron chi connectivity index (χ2n) is 6.97. The van der Waals surface area contributed by atoms with Gasteiger partial charge in [0.1, 0.15) is 10.7 Å². The van der Waals surface area contributed by atoms with Crippen molar-refractivity contribution in [2.75, 3.05) is 19.6 Å². The molecular formula is C18H25FN2O3S. The number of likely N-dealkylation sites (tertiary alicyclic amines) is 1. The van der Waals surface area contributed by atoms with E-state index in [4.69, 9.17) is 0 Å². The summed E-state index contributed by atoms with van der Waals surface area (Å²) in [5.41, 5.74) is 0.719. The van der Waals surface area contributed by atoms with Crippen LogP contribution in [-0.4, -0.2) is 49.2 Å². The average Bonchev–Trinajstić information content (AvgIpc) is 3.00. The molecular weight excluding hydrogens is 343 g/mol. The topological polar surface area (TPSA) is 57.7 Å². The highest BCUT2D eigenvalue weighted by atomic mass is 32.2. The summed E-state index contributed by atoms with van der Waals surface area (Å²) in [5, 5.41) is 0. The van der Waals surface area contributed by atoms with Gasteiger partial charge < -0.3 is 4.90 Å². The Balaban J connectivity index is 1.79. The van der Waals surface area contributed by atoms with Gasteiger partial charge in [0.05, 0.1) is 0 Å². The van der Waals surface area contributed by atoms with Crippen LogP contribution < -0.4 is 0 Å². The van der Waals surface area contributed by atoms with Gasteiger partial charge in [0.15, 0.2) is 0 Å². The third-order valence-corrected chi connectivity index (χ3v) is 7.12. The highest BCUT2D eigenvalue weighted by molar-refractivity contribution is 7.89. The van der Waals surface area contributed by atoms with Gasteiger partial charge >= 0.3 is 0 Å². The Labute approximate surface area is 148 Å². The van der Waals surface area contributed by atoms with E-state index >= 15 is 0 Å². The molecule has 2 saturated heterocycles. The molecule has 7 heteroatoms. The van der Waals surface area contributed by atoms with Crippen molar-refractivity contribution in [3.63, 3.8) is 0 Å². The van der Waals surface area contributed by atoms with Crippen molar-refractivity contribution in [3.05, 3.63) is 29.6 Å². The molecule has 3 rings (SSSR count). The van der Waals surface area contributed by atoms with Gasteiger partial charge in [-0.2, -0.15) is 4.31 Å². The van der Waals surface area contributed by atoms with E-state index in [-0.39, 0.29) is 16.8 Å². The summed E-state index contributed by atoms with van der Waals surface area (Å²) in [6.07, 6.45) is 4.57. The minimum Gasteiger partial charge on any atom is -0.343 e. The number of hydrogen-bond donors (Lipinski definition) is 0. The Kier molecular flexibility index (Phi) is 5.43. The third-order valence-electron chi connectivity index (χ3n) is 5.15. The van der Waals surface area contributed by atoms with Crippen molar-refractivity contribution in [2.24, 2.45) is 0 Å². The zero-order chi connectivity index (χ0) is 18.0. The number of nitrogens with zero attached hydrogens (tertiary/aromatic N) is 2. The van der Waals surface area contributed by atoms with Crippen molar-refractivity contribution in [1.82, 2.24) is 9.21 Å². The highest BCUT2D eigenvalue weighted by Crippen LogP contribution is 2.29. The number of sulfonamides is 1. The van der Waals surface area contributed by atoms with Gasteiger partial charge in [0.2, 0.25) is 15.9 Å². The van der Waals surface area contributed by atoms with Gasteiger partial charge in [-0.05, 0) is 50.3 Å².